The van der Waals surface area contributed by atoms with E-state index in [9.17, 15) is 14.4 Å². The van der Waals surface area contributed by atoms with Crippen LogP contribution in [0.15, 0.2) is 55.2 Å². The van der Waals surface area contributed by atoms with Crippen LogP contribution in [0.5, 0.6) is 0 Å². The number of carbonyl (C=O) groups excluding carboxylic acids is 3. The van der Waals surface area contributed by atoms with Gasteiger partial charge in [-0.2, -0.15) is 5.10 Å². The van der Waals surface area contributed by atoms with Gasteiger partial charge in [0.2, 0.25) is 11.8 Å². The summed E-state index contributed by atoms with van der Waals surface area (Å²) in [5, 5.41) is 13.9. The topological polar surface area (TPSA) is 150 Å². The van der Waals surface area contributed by atoms with Crippen LogP contribution in [0.3, 0.4) is 0 Å². The summed E-state index contributed by atoms with van der Waals surface area (Å²) >= 11 is 0. The van der Waals surface area contributed by atoms with E-state index in [1.54, 1.807) is 41.5 Å². The first-order valence-corrected chi connectivity index (χ1v) is 17.0. The normalized spacial score (nSPS) is 17.0. The minimum absolute atomic E-state index is 0.00612. The number of piperazine rings is 1. The molecule has 0 radical (unpaired) electrons. The third-order valence-electron chi connectivity index (χ3n) is 9.53. The molecular formula is C35H43FN10O3. The molecule has 258 valence electrons. The van der Waals surface area contributed by atoms with Crippen LogP contribution in [0.1, 0.15) is 55.1 Å². The van der Waals surface area contributed by atoms with E-state index in [-0.39, 0.29) is 23.9 Å². The van der Waals surface area contributed by atoms with E-state index in [4.69, 9.17) is 0 Å². The van der Waals surface area contributed by atoms with Crippen molar-refractivity contribution in [3.05, 3.63) is 72.3 Å². The Balaban J connectivity index is 1.20. The van der Waals surface area contributed by atoms with Gasteiger partial charge in [0.15, 0.2) is 0 Å². The number of benzene rings is 1. The van der Waals surface area contributed by atoms with Crippen molar-refractivity contribution in [1.82, 2.24) is 39.8 Å². The minimum Gasteiger partial charge on any atom is -0.357 e. The van der Waals surface area contributed by atoms with Crippen molar-refractivity contribution < 1.29 is 18.8 Å². The van der Waals surface area contributed by atoms with Crippen LogP contribution in [-0.2, 0) is 22.6 Å². The van der Waals surface area contributed by atoms with E-state index in [0.717, 1.165) is 50.6 Å². The number of hydrogen-bond acceptors (Lipinski definition) is 9. The van der Waals surface area contributed by atoms with Crippen molar-refractivity contribution in [3.8, 4) is 0 Å². The van der Waals surface area contributed by atoms with Gasteiger partial charge in [0.05, 0.1) is 17.4 Å². The summed E-state index contributed by atoms with van der Waals surface area (Å²) in [4.78, 5) is 57.6. The zero-order chi connectivity index (χ0) is 34.3. The predicted molar refractivity (Wildman–Crippen MR) is 183 cm³/mol. The molecule has 2 atom stereocenters. The van der Waals surface area contributed by atoms with E-state index < -0.39 is 29.7 Å². The molecule has 1 saturated heterocycles. The lowest BCUT2D eigenvalue weighted by Crippen LogP contribution is -2.52. The lowest BCUT2D eigenvalue weighted by atomic mass is 9.83. The highest BCUT2D eigenvalue weighted by Gasteiger charge is 2.33. The second kappa shape index (κ2) is 15.5. The van der Waals surface area contributed by atoms with E-state index in [1.807, 2.05) is 18.9 Å². The van der Waals surface area contributed by atoms with Crippen LogP contribution >= 0.6 is 0 Å². The number of anilines is 2. The second-order valence-electron chi connectivity index (χ2n) is 12.8. The molecule has 1 aromatic carbocycles. The Morgan fingerprint density at radius 2 is 1.80 bits per heavy atom. The van der Waals surface area contributed by atoms with Crippen LogP contribution in [0.4, 0.5) is 15.9 Å². The number of nitrogens with one attached hydrogen (secondary N) is 3. The van der Waals surface area contributed by atoms with Gasteiger partial charge in [0.25, 0.3) is 5.91 Å². The largest absolute Gasteiger partial charge is 0.357 e. The summed E-state index contributed by atoms with van der Waals surface area (Å²) in [6.45, 7) is 5.08. The fraction of sp³-hybridized carbons (Fsp3) is 0.457. The molecule has 14 heteroatoms. The third kappa shape index (κ3) is 8.02. The number of hydrogen-bond donors (Lipinski definition) is 3. The zero-order valence-electron chi connectivity index (χ0n) is 27.9. The molecule has 13 nitrogen and oxygen atoms in total. The third-order valence-corrected chi connectivity index (χ3v) is 9.53. The Morgan fingerprint density at radius 3 is 2.55 bits per heavy atom. The summed E-state index contributed by atoms with van der Waals surface area (Å²) in [6, 6.07) is 6.40. The van der Waals surface area contributed by atoms with Crippen molar-refractivity contribution >= 4 is 40.1 Å². The zero-order valence-corrected chi connectivity index (χ0v) is 27.9. The van der Waals surface area contributed by atoms with Crippen LogP contribution in [0.25, 0.3) is 10.9 Å². The Morgan fingerprint density at radius 1 is 1.00 bits per heavy atom. The smallest absolute Gasteiger partial charge is 0.270 e. The van der Waals surface area contributed by atoms with E-state index >= 15 is 4.39 Å². The first kappa shape index (κ1) is 33.9. The maximum atomic E-state index is 15.7. The molecule has 0 bridgehead atoms. The van der Waals surface area contributed by atoms with Crippen molar-refractivity contribution in [2.24, 2.45) is 5.92 Å². The van der Waals surface area contributed by atoms with Gasteiger partial charge < -0.3 is 25.8 Å². The van der Waals surface area contributed by atoms with Crippen molar-refractivity contribution in [2.45, 2.75) is 64.1 Å². The van der Waals surface area contributed by atoms with Gasteiger partial charge >= 0.3 is 0 Å². The van der Waals surface area contributed by atoms with E-state index in [2.05, 4.69) is 40.9 Å². The maximum absolute atomic E-state index is 15.7. The van der Waals surface area contributed by atoms with Crippen LogP contribution < -0.4 is 16.0 Å². The lowest BCUT2D eigenvalue weighted by Gasteiger charge is -2.35. The Kier molecular flexibility index (Phi) is 10.7. The Bertz CT molecular complexity index is 1780. The van der Waals surface area contributed by atoms with E-state index in [0.29, 0.717) is 42.2 Å². The highest BCUT2D eigenvalue weighted by Crippen LogP contribution is 2.28. The number of nitrogens with zero attached hydrogens (tertiary/aromatic N) is 7. The van der Waals surface area contributed by atoms with Gasteiger partial charge in [-0.3, -0.25) is 24.0 Å². The molecule has 3 amide bonds. The number of rotatable bonds is 11. The number of amides is 3. The summed E-state index contributed by atoms with van der Waals surface area (Å²) in [5.41, 5.74) is 1.58. The summed E-state index contributed by atoms with van der Waals surface area (Å²) in [6.07, 6.45) is 11.0. The minimum atomic E-state index is -0.834. The summed E-state index contributed by atoms with van der Waals surface area (Å²) < 4.78 is 17.3. The van der Waals surface area contributed by atoms with Gasteiger partial charge in [-0.1, -0.05) is 25.3 Å². The number of carbonyl (C=O) groups is 3. The van der Waals surface area contributed by atoms with Crippen LogP contribution in [0, 0.1) is 11.7 Å². The molecule has 1 aliphatic carbocycles. The van der Waals surface area contributed by atoms with Gasteiger partial charge in [0.1, 0.15) is 35.7 Å². The highest BCUT2D eigenvalue weighted by atomic mass is 19.1. The number of halogens is 1. The fourth-order valence-electron chi connectivity index (χ4n) is 6.73. The van der Waals surface area contributed by atoms with Gasteiger partial charge in [-0.25, -0.2) is 14.4 Å². The Hall–Kier alpha value is -4.98. The first-order chi connectivity index (χ1) is 23.8. The summed E-state index contributed by atoms with van der Waals surface area (Å²) in [7, 11) is 2.02. The monoisotopic (exact) mass is 670 g/mol. The van der Waals surface area contributed by atoms with Crippen molar-refractivity contribution in [1.29, 1.82) is 0 Å². The van der Waals surface area contributed by atoms with Gasteiger partial charge in [-0.05, 0) is 62.6 Å². The lowest BCUT2D eigenvalue weighted by molar-refractivity contribution is -0.133. The maximum Gasteiger partial charge on any atom is 0.270 e. The molecular weight excluding hydrogens is 627 g/mol. The number of aromatic nitrogens is 5. The average molecular weight is 671 g/mol. The molecule has 0 spiro atoms. The predicted octanol–water partition coefficient (Wildman–Crippen LogP) is 3.49. The molecule has 6 rings (SSSR count). The first-order valence-electron chi connectivity index (χ1n) is 17.0. The van der Waals surface area contributed by atoms with Gasteiger partial charge in [-0.15, -0.1) is 0 Å². The SMILES string of the molecule is CCn1nccc1C(=O)N[C@H](C(=O)Nc1ccc(C[C@@H](Nc2ncnc3cnccc23)C(=O)N2CCN(C)CC2)cc1F)C1CCCCC1. The Labute approximate surface area is 284 Å². The molecule has 3 N–H and O–H groups in total. The summed E-state index contributed by atoms with van der Waals surface area (Å²) in [5.74, 6) is -1.18. The van der Waals surface area contributed by atoms with Crippen LogP contribution in [0.2, 0.25) is 0 Å². The van der Waals surface area contributed by atoms with Crippen molar-refractivity contribution in [3.63, 3.8) is 0 Å². The van der Waals surface area contributed by atoms with Crippen molar-refractivity contribution in [2.75, 3.05) is 43.9 Å². The molecule has 4 heterocycles. The second-order valence-corrected chi connectivity index (χ2v) is 12.8. The highest BCUT2D eigenvalue weighted by molar-refractivity contribution is 6.01. The molecule has 2 aliphatic rings. The average Bonchev–Trinajstić information content (AvgIpc) is 3.61. The number of pyridine rings is 1. The quantitative estimate of drug-likeness (QED) is 0.218. The number of fused-ring (bicyclic) bond motifs is 1. The molecule has 49 heavy (non-hydrogen) atoms. The molecule has 3 aromatic heterocycles. The van der Waals surface area contributed by atoms with E-state index in [1.165, 1.54) is 18.5 Å². The molecule has 0 unspecified atom stereocenters. The number of likely N-dealkylation sites (N-methyl/N-ethyl adjacent to an activating group) is 1. The van der Waals surface area contributed by atoms with Gasteiger partial charge in [0, 0.05) is 56.9 Å². The molecule has 4 aromatic rings. The van der Waals surface area contributed by atoms with Crippen LogP contribution in [-0.4, -0.2) is 97.6 Å². The molecule has 1 aliphatic heterocycles. The number of aryl methyl sites for hydroxylation is 1. The molecule has 2 fully saturated rings. The fourth-order valence-corrected chi connectivity index (χ4v) is 6.73. The molecule has 1 saturated carbocycles. The standard InChI is InChI=1S/C35H43FN10O3/c1-3-46-30(12-14-40-46)33(47)43-31(24-7-5-4-6-8-24)34(48)42-27-10-9-23(19-26(27)36)20-28(35(49)45-17-15-44(2)16-18-45)41-32-25-11-13-37-21-29(25)38-22-39-32/h9-14,19,21-22,24,28,31H,3-8,15-18,20H2,1-2H3,(H,42,48)(H,43,47)(H,38,39,41)/t28-,31+/m1/s1.